The number of oxime groups is 1. The summed E-state index contributed by atoms with van der Waals surface area (Å²) in [6, 6.07) is 5.63. The van der Waals surface area contributed by atoms with Gasteiger partial charge in [-0.05, 0) is 37.5 Å². The van der Waals surface area contributed by atoms with Gasteiger partial charge < -0.3 is 21.0 Å². The van der Waals surface area contributed by atoms with Crippen LogP contribution in [0.15, 0.2) is 27.8 Å². The summed E-state index contributed by atoms with van der Waals surface area (Å²) in [5.74, 6) is -0.349. The fourth-order valence-corrected chi connectivity index (χ4v) is 2.75. The summed E-state index contributed by atoms with van der Waals surface area (Å²) in [5, 5.41) is 14.9. The first-order valence-corrected chi connectivity index (χ1v) is 7.42. The van der Waals surface area contributed by atoms with Crippen LogP contribution in [-0.2, 0) is 9.53 Å². The van der Waals surface area contributed by atoms with Crippen molar-refractivity contribution in [3.63, 3.8) is 0 Å². The number of nitrogens with one attached hydrogen (secondary N) is 1. The van der Waals surface area contributed by atoms with Crippen LogP contribution in [0.3, 0.4) is 0 Å². The number of amidine groups is 1. The van der Waals surface area contributed by atoms with Crippen molar-refractivity contribution in [1.82, 2.24) is 0 Å². The number of ether oxygens (including phenoxy) is 1. The Morgan fingerprint density at radius 3 is 2.76 bits per heavy atom. The largest absolute Gasteiger partial charge is 0.409 e. The maximum Gasteiger partial charge on any atom is 0.238 e. The Bertz CT molecular complexity index is 569. The lowest BCUT2D eigenvalue weighted by Gasteiger charge is -2.34. The number of rotatable bonds is 3. The first kappa shape index (κ1) is 15.8. The molecule has 2 rings (SSSR count). The fraction of sp³-hybridized carbons (Fsp3) is 0.429. The maximum absolute atomic E-state index is 12.7. The molecule has 0 radical (unpaired) electrons. The molecule has 4 N–H and O–H groups in total. The normalized spacial score (nSPS) is 18.3. The highest BCUT2D eigenvalue weighted by Crippen LogP contribution is 2.33. The van der Waals surface area contributed by atoms with Crippen LogP contribution >= 0.6 is 15.9 Å². The topological polar surface area (TPSA) is 96.9 Å². The summed E-state index contributed by atoms with van der Waals surface area (Å²) in [4.78, 5) is 12.7. The molecule has 1 aliphatic rings. The van der Waals surface area contributed by atoms with E-state index in [2.05, 4.69) is 26.4 Å². The van der Waals surface area contributed by atoms with E-state index >= 15 is 0 Å². The number of nitrogens with two attached hydrogens (primary N) is 1. The zero-order valence-electron chi connectivity index (χ0n) is 11.7. The molecule has 0 saturated carbocycles. The highest BCUT2D eigenvalue weighted by atomic mass is 79.9. The van der Waals surface area contributed by atoms with Gasteiger partial charge in [-0.1, -0.05) is 27.2 Å². The Morgan fingerprint density at radius 2 is 2.14 bits per heavy atom. The highest BCUT2D eigenvalue weighted by Gasteiger charge is 2.44. The molecule has 7 heteroatoms. The lowest BCUT2D eigenvalue weighted by atomic mass is 9.78. The van der Waals surface area contributed by atoms with E-state index in [9.17, 15) is 4.79 Å². The van der Waals surface area contributed by atoms with E-state index in [0.717, 1.165) is 10.0 Å². The van der Waals surface area contributed by atoms with Gasteiger partial charge in [-0.3, -0.25) is 4.79 Å². The third-order valence-corrected chi connectivity index (χ3v) is 4.32. The summed E-state index contributed by atoms with van der Waals surface area (Å²) >= 11 is 3.38. The number of benzene rings is 1. The predicted octanol–water partition coefficient (Wildman–Crippen LogP) is 2.24. The molecule has 6 nitrogen and oxygen atoms in total. The second-order valence-corrected chi connectivity index (χ2v) is 6.01. The molecule has 1 aliphatic heterocycles. The Morgan fingerprint density at radius 1 is 1.48 bits per heavy atom. The Balaban J connectivity index is 2.29. The molecule has 0 spiro atoms. The van der Waals surface area contributed by atoms with E-state index < -0.39 is 5.41 Å². The molecule has 0 aliphatic carbocycles. The second kappa shape index (κ2) is 6.44. The van der Waals surface area contributed by atoms with E-state index in [1.54, 1.807) is 0 Å². The quantitative estimate of drug-likeness (QED) is 0.335. The molecule has 0 unspecified atom stereocenters. The van der Waals surface area contributed by atoms with Crippen molar-refractivity contribution >= 4 is 33.4 Å². The number of carbonyl (C=O) groups is 1. The van der Waals surface area contributed by atoms with Crippen molar-refractivity contribution in [2.75, 3.05) is 18.5 Å². The summed E-state index contributed by atoms with van der Waals surface area (Å²) < 4.78 is 6.15. The molecule has 1 aromatic carbocycles. The minimum absolute atomic E-state index is 0.0732. The van der Waals surface area contributed by atoms with E-state index in [0.29, 0.717) is 31.7 Å². The third kappa shape index (κ3) is 3.19. The third-order valence-electron chi connectivity index (χ3n) is 3.83. The van der Waals surface area contributed by atoms with Crippen LogP contribution < -0.4 is 11.1 Å². The summed E-state index contributed by atoms with van der Waals surface area (Å²) in [5.41, 5.74) is 6.39. The van der Waals surface area contributed by atoms with Crippen molar-refractivity contribution in [2.45, 2.75) is 19.8 Å². The second-order valence-electron chi connectivity index (χ2n) is 5.09. The first-order chi connectivity index (χ1) is 9.99. The summed E-state index contributed by atoms with van der Waals surface area (Å²) in [6.45, 7) is 2.71. The molecule has 1 aromatic rings. The van der Waals surface area contributed by atoms with E-state index in [1.165, 1.54) is 0 Å². The van der Waals surface area contributed by atoms with Crippen LogP contribution in [0.1, 0.15) is 18.4 Å². The Labute approximate surface area is 131 Å². The predicted molar refractivity (Wildman–Crippen MR) is 83.4 cm³/mol. The maximum atomic E-state index is 12.7. The molecule has 0 bridgehead atoms. The minimum atomic E-state index is -1.03. The zero-order valence-corrected chi connectivity index (χ0v) is 13.3. The Hall–Kier alpha value is -1.60. The molecular formula is C14H18BrN3O3. The minimum Gasteiger partial charge on any atom is -0.409 e. The molecule has 114 valence electrons. The molecule has 0 aromatic heterocycles. The number of anilines is 1. The van der Waals surface area contributed by atoms with Crippen LogP contribution in [0, 0.1) is 12.3 Å². The number of hydrogen-bond donors (Lipinski definition) is 3. The van der Waals surface area contributed by atoms with Crippen LogP contribution in [0.4, 0.5) is 5.69 Å². The molecule has 1 amide bonds. The molecular weight excluding hydrogens is 338 g/mol. The van der Waals surface area contributed by atoms with E-state index in [4.69, 9.17) is 15.7 Å². The van der Waals surface area contributed by atoms with Crippen LogP contribution in [0.25, 0.3) is 0 Å². The van der Waals surface area contributed by atoms with Crippen molar-refractivity contribution in [1.29, 1.82) is 0 Å². The monoisotopic (exact) mass is 355 g/mol. The van der Waals surface area contributed by atoms with Gasteiger partial charge >= 0.3 is 0 Å². The van der Waals surface area contributed by atoms with Gasteiger partial charge in [-0.15, -0.1) is 0 Å². The number of hydrogen-bond acceptors (Lipinski definition) is 4. The Kier molecular flexibility index (Phi) is 4.84. The van der Waals surface area contributed by atoms with Gasteiger partial charge in [-0.2, -0.15) is 0 Å². The van der Waals surface area contributed by atoms with Crippen molar-refractivity contribution < 1.29 is 14.7 Å². The fourth-order valence-electron chi connectivity index (χ4n) is 2.39. The van der Waals surface area contributed by atoms with Crippen molar-refractivity contribution in [2.24, 2.45) is 16.3 Å². The van der Waals surface area contributed by atoms with Gasteiger partial charge in [0.1, 0.15) is 5.41 Å². The number of amides is 1. The van der Waals surface area contributed by atoms with Gasteiger partial charge in [0.25, 0.3) is 0 Å². The number of nitrogens with zero attached hydrogens (tertiary/aromatic N) is 1. The number of carbonyl (C=O) groups excluding carboxylic acids is 1. The summed E-state index contributed by atoms with van der Waals surface area (Å²) in [7, 11) is 0. The molecule has 1 heterocycles. The molecule has 1 fully saturated rings. The van der Waals surface area contributed by atoms with Gasteiger partial charge in [0.2, 0.25) is 5.91 Å². The van der Waals surface area contributed by atoms with Gasteiger partial charge in [-0.25, -0.2) is 0 Å². The molecule has 21 heavy (non-hydrogen) atoms. The first-order valence-electron chi connectivity index (χ1n) is 6.63. The molecule has 0 atom stereocenters. The average Bonchev–Trinajstić information content (AvgIpc) is 2.50. The lowest BCUT2D eigenvalue weighted by Crippen LogP contribution is -2.50. The number of halogens is 1. The summed E-state index contributed by atoms with van der Waals surface area (Å²) in [6.07, 6.45) is 0.781. The van der Waals surface area contributed by atoms with Gasteiger partial charge in [0.15, 0.2) is 5.84 Å². The van der Waals surface area contributed by atoms with Crippen molar-refractivity contribution in [3.05, 3.63) is 28.2 Å². The van der Waals surface area contributed by atoms with Crippen molar-refractivity contribution in [3.8, 4) is 0 Å². The van der Waals surface area contributed by atoms with Gasteiger partial charge in [0, 0.05) is 23.4 Å². The highest BCUT2D eigenvalue weighted by molar-refractivity contribution is 9.10. The van der Waals surface area contributed by atoms with Gasteiger partial charge in [0.05, 0.1) is 0 Å². The van der Waals surface area contributed by atoms with E-state index in [-0.39, 0.29) is 11.7 Å². The van der Waals surface area contributed by atoms with Crippen LogP contribution in [0.5, 0.6) is 0 Å². The smallest absolute Gasteiger partial charge is 0.238 e. The molecule has 1 saturated heterocycles. The standard InChI is InChI=1S/C14H18BrN3O3/c1-9-2-3-10(15)8-11(9)17-13(19)14(12(16)18-20)4-6-21-7-5-14/h2-3,8,20H,4-7H2,1H3,(H2,16,18)(H,17,19). The average molecular weight is 356 g/mol. The van der Waals surface area contributed by atoms with E-state index in [1.807, 2.05) is 25.1 Å². The van der Waals surface area contributed by atoms with Crippen LogP contribution in [-0.4, -0.2) is 30.2 Å². The zero-order chi connectivity index (χ0) is 15.5. The number of aryl methyl sites for hydroxylation is 1. The lowest BCUT2D eigenvalue weighted by molar-refractivity contribution is -0.126. The van der Waals surface area contributed by atoms with Crippen LogP contribution in [0.2, 0.25) is 0 Å². The SMILES string of the molecule is Cc1ccc(Br)cc1NC(=O)C1(C(N)=NO)CCOCC1.